The molecule has 0 aliphatic carbocycles. The van der Waals surface area contributed by atoms with Crippen LogP contribution in [-0.4, -0.2) is 33.5 Å². The SMILES string of the molecule is CC(C)(C)N1CCCN(C(C)(C)C)P1. The van der Waals surface area contributed by atoms with E-state index in [-0.39, 0.29) is 0 Å². The van der Waals surface area contributed by atoms with Crippen molar-refractivity contribution in [2.45, 2.75) is 59.0 Å². The summed E-state index contributed by atoms with van der Waals surface area (Å²) in [6.45, 7) is 16.4. The second-order valence-electron chi connectivity index (χ2n) is 6.10. The van der Waals surface area contributed by atoms with E-state index >= 15 is 0 Å². The molecule has 1 fully saturated rings. The van der Waals surface area contributed by atoms with E-state index in [0.717, 1.165) is 8.88 Å². The fourth-order valence-corrected chi connectivity index (χ4v) is 3.01. The molecule has 0 bridgehead atoms. The van der Waals surface area contributed by atoms with Crippen LogP contribution < -0.4 is 0 Å². The van der Waals surface area contributed by atoms with Crippen LogP contribution in [0.25, 0.3) is 0 Å². The topological polar surface area (TPSA) is 6.48 Å². The second-order valence-corrected chi connectivity index (χ2v) is 7.38. The lowest BCUT2D eigenvalue weighted by Gasteiger charge is -2.47. The van der Waals surface area contributed by atoms with E-state index in [1.807, 2.05) is 0 Å². The molecule has 0 aromatic rings. The molecule has 0 unspecified atom stereocenters. The first-order valence-electron chi connectivity index (χ1n) is 5.53. The Bertz CT molecular complexity index is 170. The van der Waals surface area contributed by atoms with Gasteiger partial charge in [-0.3, -0.25) is 9.34 Å². The zero-order valence-electron chi connectivity index (χ0n) is 10.5. The highest BCUT2D eigenvalue weighted by Gasteiger charge is 2.31. The Labute approximate surface area is 90.9 Å². The van der Waals surface area contributed by atoms with Gasteiger partial charge in [-0.2, -0.15) is 0 Å². The van der Waals surface area contributed by atoms with Gasteiger partial charge in [0.2, 0.25) is 0 Å². The van der Waals surface area contributed by atoms with Gasteiger partial charge in [0, 0.05) is 33.0 Å². The van der Waals surface area contributed by atoms with Gasteiger partial charge in [-0.1, -0.05) is 0 Å². The molecule has 1 aliphatic heterocycles. The van der Waals surface area contributed by atoms with Gasteiger partial charge < -0.3 is 0 Å². The van der Waals surface area contributed by atoms with Gasteiger partial charge in [0.15, 0.2) is 0 Å². The van der Waals surface area contributed by atoms with E-state index in [2.05, 4.69) is 50.9 Å². The van der Waals surface area contributed by atoms with Crippen LogP contribution in [0.5, 0.6) is 0 Å². The summed E-state index contributed by atoms with van der Waals surface area (Å²) in [6, 6.07) is 0. The summed E-state index contributed by atoms with van der Waals surface area (Å²) in [6.07, 6.45) is 1.31. The van der Waals surface area contributed by atoms with Gasteiger partial charge in [-0.15, -0.1) is 0 Å². The molecule has 1 saturated heterocycles. The lowest BCUT2D eigenvalue weighted by atomic mass is 10.1. The van der Waals surface area contributed by atoms with Crippen molar-refractivity contribution in [3.8, 4) is 0 Å². The molecular formula is C11H25N2P. The van der Waals surface area contributed by atoms with Crippen molar-refractivity contribution in [2.75, 3.05) is 13.1 Å². The maximum Gasteiger partial charge on any atom is 0.0250 e. The first-order chi connectivity index (χ1) is 6.21. The molecule has 1 rings (SSSR count). The minimum atomic E-state index is 0.322. The first kappa shape index (κ1) is 12.4. The van der Waals surface area contributed by atoms with Crippen LogP contribution in [0, 0.1) is 0 Å². The highest BCUT2D eigenvalue weighted by atomic mass is 31.1. The average molecular weight is 216 g/mol. The molecule has 0 spiro atoms. The van der Waals surface area contributed by atoms with Crippen LogP contribution in [0.3, 0.4) is 0 Å². The normalized spacial score (nSPS) is 22.7. The summed E-state index contributed by atoms with van der Waals surface area (Å²) in [7, 11) is 0.853. The minimum absolute atomic E-state index is 0.322. The Kier molecular flexibility index (Phi) is 3.62. The number of rotatable bonds is 0. The quantitative estimate of drug-likeness (QED) is 0.574. The molecule has 14 heavy (non-hydrogen) atoms. The van der Waals surface area contributed by atoms with Gasteiger partial charge >= 0.3 is 0 Å². The van der Waals surface area contributed by atoms with Gasteiger partial charge in [-0.25, -0.2) is 0 Å². The summed E-state index contributed by atoms with van der Waals surface area (Å²) in [4.78, 5) is 0. The maximum atomic E-state index is 2.60. The predicted molar refractivity (Wildman–Crippen MR) is 65.9 cm³/mol. The van der Waals surface area contributed by atoms with Gasteiger partial charge in [0.25, 0.3) is 0 Å². The summed E-state index contributed by atoms with van der Waals surface area (Å²) in [5.74, 6) is 0. The molecule has 0 N–H and O–H groups in total. The molecule has 84 valence electrons. The van der Waals surface area contributed by atoms with E-state index in [9.17, 15) is 0 Å². The van der Waals surface area contributed by atoms with Gasteiger partial charge in [0.05, 0.1) is 0 Å². The number of hydrogen-bond acceptors (Lipinski definition) is 2. The zero-order chi connectivity index (χ0) is 11.0. The fourth-order valence-electron chi connectivity index (χ4n) is 1.60. The third-order valence-corrected chi connectivity index (χ3v) is 4.90. The molecule has 1 aliphatic rings. The molecule has 0 radical (unpaired) electrons. The Morgan fingerprint density at radius 1 is 0.786 bits per heavy atom. The van der Waals surface area contributed by atoms with Crippen molar-refractivity contribution in [2.24, 2.45) is 0 Å². The van der Waals surface area contributed by atoms with Gasteiger partial charge in [-0.05, 0) is 48.0 Å². The molecule has 0 aromatic heterocycles. The summed E-state index contributed by atoms with van der Waals surface area (Å²) < 4.78 is 5.20. The van der Waals surface area contributed by atoms with E-state index in [1.165, 1.54) is 19.5 Å². The Morgan fingerprint density at radius 3 is 1.43 bits per heavy atom. The Balaban J connectivity index is 2.61. The van der Waals surface area contributed by atoms with Crippen molar-refractivity contribution in [3.05, 3.63) is 0 Å². The van der Waals surface area contributed by atoms with Crippen LogP contribution in [0.15, 0.2) is 0 Å². The summed E-state index contributed by atoms with van der Waals surface area (Å²) in [5, 5.41) is 0. The van der Waals surface area contributed by atoms with E-state index in [4.69, 9.17) is 0 Å². The molecule has 2 nitrogen and oxygen atoms in total. The summed E-state index contributed by atoms with van der Waals surface area (Å²) >= 11 is 0. The molecule has 0 amide bonds. The molecule has 0 aromatic carbocycles. The van der Waals surface area contributed by atoms with E-state index in [0.29, 0.717) is 11.1 Å². The van der Waals surface area contributed by atoms with Crippen LogP contribution in [0.4, 0.5) is 0 Å². The minimum Gasteiger partial charge on any atom is -0.267 e. The maximum absolute atomic E-state index is 2.60. The Hall–Kier alpha value is 0.350. The van der Waals surface area contributed by atoms with Crippen molar-refractivity contribution in [1.82, 2.24) is 9.34 Å². The van der Waals surface area contributed by atoms with E-state index in [1.54, 1.807) is 0 Å². The number of nitrogens with zero attached hydrogens (tertiary/aromatic N) is 2. The second kappa shape index (κ2) is 4.08. The number of hydrogen-bond donors (Lipinski definition) is 0. The molecule has 0 atom stereocenters. The highest BCUT2D eigenvalue weighted by molar-refractivity contribution is 7.32. The van der Waals surface area contributed by atoms with Crippen molar-refractivity contribution in [1.29, 1.82) is 0 Å². The van der Waals surface area contributed by atoms with E-state index < -0.39 is 0 Å². The molecular weight excluding hydrogens is 191 g/mol. The van der Waals surface area contributed by atoms with Crippen LogP contribution in [0.2, 0.25) is 0 Å². The lowest BCUT2D eigenvalue weighted by molar-refractivity contribution is 0.175. The monoisotopic (exact) mass is 216 g/mol. The third-order valence-electron chi connectivity index (χ3n) is 2.62. The van der Waals surface area contributed by atoms with Crippen molar-refractivity contribution in [3.63, 3.8) is 0 Å². The average Bonchev–Trinajstić information content (AvgIpc) is 2.01. The largest absolute Gasteiger partial charge is 0.267 e. The predicted octanol–water partition coefficient (Wildman–Crippen LogP) is 3.10. The Morgan fingerprint density at radius 2 is 1.14 bits per heavy atom. The molecule has 0 saturated carbocycles. The zero-order valence-corrected chi connectivity index (χ0v) is 11.5. The first-order valence-corrected chi connectivity index (χ1v) is 6.42. The summed E-state index contributed by atoms with van der Waals surface area (Å²) in [5.41, 5.74) is 0.644. The molecule has 3 heteroatoms. The molecule has 1 heterocycles. The van der Waals surface area contributed by atoms with Crippen LogP contribution in [-0.2, 0) is 0 Å². The van der Waals surface area contributed by atoms with Crippen molar-refractivity contribution >= 4 is 8.88 Å². The van der Waals surface area contributed by atoms with Crippen LogP contribution in [0.1, 0.15) is 48.0 Å². The highest BCUT2D eigenvalue weighted by Crippen LogP contribution is 2.39. The standard InChI is InChI=1S/C11H25N2P/c1-10(2,3)12-8-7-9-13(14-12)11(4,5)6/h14H,7-9H2,1-6H3. The van der Waals surface area contributed by atoms with Gasteiger partial charge in [0.1, 0.15) is 0 Å². The smallest absolute Gasteiger partial charge is 0.0250 e. The lowest BCUT2D eigenvalue weighted by Crippen LogP contribution is -2.47. The third kappa shape index (κ3) is 3.18. The van der Waals surface area contributed by atoms with Crippen LogP contribution >= 0.6 is 8.88 Å². The van der Waals surface area contributed by atoms with Crippen molar-refractivity contribution < 1.29 is 0 Å². The fraction of sp³-hybridized carbons (Fsp3) is 1.00.